The van der Waals surface area contributed by atoms with E-state index in [4.69, 9.17) is 5.26 Å². The SMILES string of the molecule is CC(C)N(CCC#N)c1ccc(C(=O)N(C)C)cn1. The minimum atomic E-state index is -0.0628. The fourth-order valence-corrected chi connectivity index (χ4v) is 1.75. The van der Waals surface area contributed by atoms with Gasteiger partial charge in [0.25, 0.3) is 5.91 Å². The Balaban J connectivity index is 2.89. The largest absolute Gasteiger partial charge is 0.353 e. The molecule has 0 radical (unpaired) electrons. The molecule has 1 aromatic heterocycles. The Morgan fingerprint density at radius 3 is 2.53 bits per heavy atom. The lowest BCUT2D eigenvalue weighted by Crippen LogP contribution is -2.32. The van der Waals surface area contributed by atoms with Crippen molar-refractivity contribution >= 4 is 11.7 Å². The van der Waals surface area contributed by atoms with Crippen molar-refractivity contribution in [2.45, 2.75) is 26.3 Å². The number of amides is 1. The molecule has 0 aliphatic rings. The molecular formula is C14H20N4O. The first-order chi connectivity index (χ1) is 8.97. The highest BCUT2D eigenvalue weighted by molar-refractivity contribution is 5.93. The van der Waals surface area contributed by atoms with E-state index in [-0.39, 0.29) is 11.9 Å². The van der Waals surface area contributed by atoms with Crippen LogP contribution < -0.4 is 4.90 Å². The number of aromatic nitrogens is 1. The summed E-state index contributed by atoms with van der Waals surface area (Å²) < 4.78 is 0. The molecule has 5 nitrogen and oxygen atoms in total. The molecule has 0 saturated carbocycles. The van der Waals surface area contributed by atoms with Gasteiger partial charge in [-0.3, -0.25) is 4.79 Å². The summed E-state index contributed by atoms with van der Waals surface area (Å²) in [4.78, 5) is 19.7. The van der Waals surface area contributed by atoms with Crippen LogP contribution >= 0.6 is 0 Å². The molecule has 0 aliphatic carbocycles. The third-order valence-electron chi connectivity index (χ3n) is 2.78. The van der Waals surface area contributed by atoms with E-state index < -0.39 is 0 Å². The van der Waals surface area contributed by atoms with Gasteiger partial charge in [-0.1, -0.05) is 0 Å². The van der Waals surface area contributed by atoms with Gasteiger partial charge in [0.15, 0.2) is 0 Å². The van der Waals surface area contributed by atoms with Crippen molar-refractivity contribution in [1.29, 1.82) is 5.26 Å². The predicted octanol–water partition coefficient (Wildman–Crippen LogP) is 1.91. The van der Waals surface area contributed by atoms with E-state index in [9.17, 15) is 4.79 Å². The van der Waals surface area contributed by atoms with Crippen LogP contribution in [-0.2, 0) is 0 Å². The molecule has 1 rings (SSSR count). The van der Waals surface area contributed by atoms with Crippen LogP contribution in [0.3, 0.4) is 0 Å². The molecule has 0 fully saturated rings. The lowest BCUT2D eigenvalue weighted by molar-refractivity contribution is 0.0827. The molecule has 0 bridgehead atoms. The fourth-order valence-electron chi connectivity index (χ4n) is 1.75. The van der Waals surface area contributed by atoms with Crippen LogP contribution in [0.1, 0.15) is 30.6 Å². The van der Waals surface area contributed by atoms with Crippen LogP contribution in [0, 0.1) is 11.3 Å². The number of carbonyl (C=O) groups is 1. The second kappa shape index (κ2) is 6.74. The number of rotatable bonds is 5. The zero-order valence-corrected chi connectivity index (χ0v) is 11.9. The van der Waals surface area contributed by atoms with E-state index in [1.165, 1.54) is 4.90 Å². The number of hydrogen-bond acceptors (Lipinski definition) is 4. The van der Waals surface area contributed by atoms with Gasteiger partial charge in [-0.05, 0) is 26.0 Å². The molecule has 0 N–H and O–H groups in total. The van der Waals surface area contributed by atoms with Crippen molar-refractivity contribution in [2.75, 3.05) is 25.5 Å². The molecule has 0 aromatic carbocycles. The molecule has 0 saturated heterocycles. The average Bonchev–Trinajstić information content (AvgIpc) is 2.38. The van der Waals surface area contributed by atoms with E-state index in [1.54, 1.807) is 26.4 Å². The second-order valence-corrected chi connectivity index (χ2v) is 4.80. The van der Waals surface area contributed by atoms with Crippen molar-refractivity contribution in [2.24, 2.45) is 0 Å². The smallest absolute Gasteiger partial charge is 0.254 e. The van der Waals surface area contributed by atoms with Crippen LogP contribution in [0.5, 0.6) is 0 Å². The predicted molar refractivity (Wildman–Crippen MR) is 75.0 cm³/mol. The van der Waals surface area contributed by atoms with Crippen LogP contribution in [0.2, 0.25) is 0 Å². The highest BCUT2D eigenvalue weighted by atomic mass is 16.2. The first-order valence-electron chi connectivity index (χ1n) is 6.28. The normalized spacial score (nSPS) is 10.1. The molecule has 1 aromatic rings. The van der Waals surface area contributed by atoms with Gasteiger partial charge < -0.3 is 9.80 Å². The number of nitriles is 1. The average molecular weight is 260 g/mol. The van der Waals surface area contributed by atoms with Gasteiger partial charge in [-0.2, -0.15) is 5.26 Å². The summed E-state index contributed by atoms with van der Waals surface area (Å²) in [5.41, 5.74) is 0.567. The van der Waals surface area contributed by atoms with Gasteiger partial charge in [-0.25, -0.2) is 4.98 Å². The van der Waals surface area contributed by atoms with Crippen molar-refractivity contribution in [3.63, 3.8) is 0 Å². The summed E-state index contributed by atoms with van der Waals surface area (Å²) >= 11 is 0. The van der Waals surface area contributed by atoms with Crippen molar-refractivity contribution in [3.05, 3.63) is 23.9 Å². The quantitative estimate of drug-likeness (QED) is 0.811. The molecule has 0 aliphatic heterocycles. The van der Waals surface area contributed by atoms with Gasteiger partial charge in [-0.15, -0.1) is 0 Å². The van der Waals surface area contributed by atoms with Gasteiger partial charge in [0.1, 0.15) is 5.82 Å². The molecule has 1 amide bonds. The van der Waals surface area contributed by atoms with Gasteiger partial charge in [0.2, 0.25) is 0 Å². The number of hydrogen-bond donors (Lipinski definition) is 0. The van der Waals surface area contributed by atoms with Crippen LogP contribution in [0.4, 0.5) is 5.82 Å². The molecule has 1 heterocycles. The number of carbonyl (C=O) groups excluding carboxylic acids is 1. The maximum absolute atomic E-state index is 11.8. The highest BCUT2D eigenvalue weighted by Crippen LogP contribution is 2.15. The van der Waals surface area contributed by atoms with Crippen LogP contribution in [0.25, 0.3) is 0 Å². The molecule has 0 unspecified atom stereocenters. The maximum Gasteiger partial charge on any atom is 0.254 e. The standard InChI is InChI=1S/C14H20N4O/c1-11(2)18(9-5-8-15)13-7-6-12(10-16-13)14(19)17(3)4/h6-7,10-11H,5,9H2,1-4H3. The second-order valence-electron chi connectivity index (χ2n) is 4.80. The Bertz CT molecular complexity index is 459. The monoisotopic (exact) mass is 260 g/mol. The van der Waals surface area contributed by atoms with E-state index in [2.05, 4.69) is 24.9 Å². The Hall–Kier alpha value is -2.09. The fraction of sp³-hybridized carbons (Fsp3) is 0.500. The van der Waals surface area contributed by atoms with E-state index in [0.29, 0.717) is 18.5 Å². The number of anilines is 1. The van der Waals surface area contributed by atoms with E-state index in [0.717, 1.165) is 5.82 Å². The van der Waals surface area contributed by atoms with Crippen LogP contribution in [-0.4, -0.2) is 42.5 Å². The Morgan fingerprint density at radius 2 is 2.11 bits per heavy atom. The summed E-state index contributed by atoms with van der Waals surface area (Å²) in [7, 11) is 3.42. The van der Waals surface area contributed by atoms with Crippen molar-refractivity contribution in [1.82, 2.24) is 9.88 Å². The Morgan fingerprint density at radius 1 is 1.42 bits per heavy atom. The summed E-state index contributed by atoms with van der Waals surface area (Å²) in [5, 5.41) is 8.67. The molecular weight excluding hydrogens is 240 g/mol. The van der Waals surface area contributed by atoms with Gasteiger partial charge in [0, 0.05) is 32.9 Å². The summed E-state index contributed by atoms with van der Waals surface area (Å²) in [6.45, 7) is 4.75. The lowest BCUT2D eigenvalue weighted by atomic mass is 10.2. The third-order valence-corrected chi connectivity index (χ3v) is 2.78. The van der Waals surface area contributed by atoms with E-state index >= 15 is 0 Å². The zero-order valence-electron chi connectivity index (χ0n) is 11.9. The zero-order chi connectivity index (χ0) is 14.4. The van der Waals surface area contributed by atoms with Crippen molar-refractivity contribution < 1.29 is 4.79 Å². The highest BCUT2D eigenvalue weighted by Gasteiger charge is 2.13. The molecule has 0 atom stereocenters. The third kappa shape index (κ3) is 3.95. The Labute approximate surface area is 114 Å². The lowest BCUT2D eigenvalue weighted by Gasteiger charge is -2.27. The summed E-state index contributed by atoms with van der Waals surface area (Å²) in [6.07, 6.45) is 2.04. The first-order valence-corrected chi connectivity index (χ1v) is 6.28. The van der Waals surface area contributed by atoms with Gasteiger partial charge in [0.05, 0.1) is 18.1 Å². The molecule has 0 spiro atoms. The van der Waals surface area contributed by atoms with Crippen LogP contribution in [0.15, 0.2) is 18.3 Å². The molecule has 102 valence electrons. The van der Waals surface area contributed by atoms with Gasteiger partial charge >= 0.3 is 0 Å². The number of pyridine rings is 1. The topological polar surface area (TPSA) is 60.2 Å². The Kier molecular flexibility index (Phi) is 5.31. The summed E-state index contributed by atoms with van der Waals surface area (Å²) in [5.74, 6) is 0.729. The van der Waals surface area contributed by atoms with Crippen molar-refractivity contribution in [3.8, 4) is 6.07 Å². The molecule has 19 heavy (non-hydrogen) atoms. The maximum atomic E-state index is 11.8. The number of nitrogens with zero attached hydrogens (tertiary/aromatic N) is 4. The minimum absolute atomic E-state index is 0.0628. The van der Waals surface area contributed by atoms with E-state index in [1.807, 2.05) is 11.0 Å². The molecule has 5 heteroatoms. The minimum Gasteiger partial charge on any atom is -0.353 e. The summed E-state index contributed by atoms with van der Waals surface area (Å²) in [6, 6.07) is 6.00. The first kappa shape index (κ1) is 15.0.